The Morgan fingerprint density at radius 2 is 2.37 bits per heavy atom. The lowest BCUT2D eigenvalue weighted by atomic mass is 10.1. The molecule has 1 aliphatic rings. The zero-order valence-corrected chi connectivity index (χ0v) is 12.6. The molecule has 1 saturated heterocycles. The maximum atomic E-state index is 11.8. The van der Waals surface area contributed by atoms with Crippen molar-refractivity contribution in [1.82, 2.24) is 10.6 Å². The van der Waals surface area contributed by atoms with Crippen LogP contribution in [0.5, 0.6) is 0 Å². The van der Waals surface area contributed by atoms with Crippen LogP contribution >= 0.6 is 11.3 Å². The van der Waals surface area contributed by atoms with Crippen LogP contribution in [0.3, 0.4) is 0 Å². The molecule has 2 heterocycles. The van der Waals surface area contributed by atoms with Crippen molar-refractivity contribution in [1.29, 1.82) is 0 Å². The minimum atomic E-state index is -0.119. The van der Waals surface area contributed by atoms with Crippen molar-refractivity contribution >= 4 is 17.4 Å². The van der Waals surface area contributed by atoms with E-state index < -0.39 is 0 Å². The standard InChI is InChI=1S/C14H22N2O2S/c1-9-7-13(11(3)19-9)10(2)16-14(17)15-8-12-5-4-6-18-12/h7,10,12H,4-6,8H2,1-3H3,(H2,15,16,17). The summed E-state index contributed by atoms with van der Waals surface area (Å²) in [5, 5.41) is 5.86. The monoisotopic (exact) mass is 282 g/mol. The third-order valence-electron chi connectivity index (χ3n) is 3.41. The Labute approximate surface area is 118 Å². The Balaban J connectivity index is 1.79. The molecule has 2 N–H and O–H groups in total. The van der Waals surface area contributed by atoms with E-state index in [0.29, 0.717) is 6.54 Å². The number of nitrogens with one attached hydrogen (secondary N) is 2. The van der Waals surface area contributed by atoms with Gasteiger partial charge in [0, 0.05) is 22.9 Å². The fourth-order valence-corrected chi connectivity index (χ4v) is 3.44. The molecular weight excluding hydrogens is 260 g/mol. The van der Waals surface area contributed by atoms with Crippen LogP contribution in [-0.2, 0) is 4.74 Å². The molecule has 106 valence electrons. The summed E-state index contributed by atoms with van der Waals surface area (Å²) in [5.41, 5.74) is 1.20. The van der Waals surface area contributed by atoms with Crippen molar-refractivity contribution in [3.8, 4) is 0 Å². The molecule has 1 fully saturated rings. The maximum Gasteiger partial charge on any atom is 0.315 e. The molecule has 2 amide bonds. The van der Waals surface area contributed by atoms with Gasteiger partial charge in [0.2, 0.25) is 0 Å². The first-order valence-corrected chi connectivity index (χ1v) is 7.61. The average Bonchev–Trinajstić information content (AvgIpc) is 2.96. The zero-order valence-electron chi connectivity index (χ0n) is 11.8. The largest absolute Gasteiger partial charge is 0.376 e. The second kappa shape index (κ2) is 6.39. The third kappa shape index (κ3) is 3.94. The first kappa shape index (κ1) is 14.3. The van der Waals surface area contributed by atoms with E-state index in [-0.39, 0.29) is 18.2 Å². The van der Waals surface area contributed by atoms with Gasteiger partial charge in [-0.05, 0) is 45.2 Å². The van der Waals surface area contributed by atoms with Gasteiger partial charge in [-0.25, -0.2) is 4.79 Å². The van der Waals surface area contributed by atoms with Gasteiger partial charge in [-0.2, -0.15) is 0 Å². The van der Waals surface area contributed by atoms with Crippen molar-refractivity contribution in [2.24, 2.45) is 0 Å². The quantitative estimate of drug-likeness (QED) is 0.892. The fourth-order valence-electron chi connectivity index (χ4n) is 2.42. The van der Waals surface area contributed by atoms with E-state index in [1.165, 1.54) is 15.3 Å². The number of thiophene rings is 1. The smallest absolute Gasteiger partial charge is 0.315 e. The molecule has 1 aromatic heterocycles. The summed E-state index contributed by atoms with van der Waals surface area (Å²) in [6.07, 6.45) is 2.32. The summed E-state index contributed by atoms with van der Waals surface area (Å²) in [7, 11) is 0. The molecule has 2 unspecified atom stereocenters. The van der Waals surface area contributed by atoms with Crippen LogP contribution in [0.4, 0.5) is 4.79 Å². The molecule has 0 bridgehead atoms. The fraction of sp³-hybridized carbons (Fsp3) is 0.643. The van der Waals surface area contributed by atoms with E-state index in [1.54, 1.807) is 11.3 Å². The van der Waals surface area contributed by atoms with Crippen LogP contribution in [0, 0.1) is 13.8 Å². The SMILES string of the molecule is Cc1cc(C(C)NC(=O)NCC2CCCO2)c(C)s1. The van der Waals surface area contributed by atoms with Gasteiger partial charge in [-0.3, -0.25) is 0 Å². The Morgan fingerprint density at radius 3 is 2.95 bits per heavy atom. The van der Waals surface area contributed by atoms with Crippen molar-refractivity contribution < 1.29 is 9.53 Å². The van der Waals surface area contributed by atoms with Crippen molar-refractivity contribution in [2.75, 3.05) is 13.2 Å². The maximum absolute atomic E-state index is 11.8. The van der Waals surface area contributed by atoms with Crippen molar-refractivity contribution in [2.45, 2.75) is 45.8 Å². The van der Waals surface area contributed by atoms with Crippen LogP contribution < -0.4 is 10.6 Å². The molecule has 4 nitrogen and oxygen atoms in total. The molecule has 1 aromatic rings. The topological polar surface area (TPSA) is 50.4 Å². The highest BCUT2D eigenvalue weighted by Gasteiger charge is 2.17. The van der Waals surface area contributed by atoms with E-state index in [2.05, 4.69) is 30.5 Å². The van der Waals surface area contributed by atoms with Gasteiger partial charge in [0.15, 0.2) is 0 Å². The first-order valence-electron chi connectivity index (χ1n) is 6.79. The Morgan fingerprint density at radius 1 is 1.58 bits per heavy atom. The summed E-state index contributed by atoms with van der Waals surface area (Å²) in [4.78, 5) is 14.4. The minimum Gasteiger partial charge on any atom is -0.376 e. The summed E-state index contributed by atoms with van der Waals surface area (Å²) < 4.78 is 5.47. The van der Waals surface area contributed by atoms with Gasteiger partial charge in [-0.15, -0.1) is 11.3 Å². The first-order chi connectivity index (χ1) is 9.06. The van der Waals surface area contributed by atoms with Gasteiger partial charge in [-0.1, -0.05) is 0 Å². The number of aryl methyl sites for hydroxylation is 2. The number of urea groups is 1. The van der Waals surface area contributed by atoms with Gasteiger partial charge in [0.25, 0.3) is 0 Å². The number of hydrogen-bond donors (Lipinski definition) is 2. The molecular formula is C14H22N2O2S. The number of rotatable bonds is 4. The van der Waals surface area contributed by atoms with Gasteiger partial charge in [0.1, 0.15) is 0 Å². The number of amides is 2. The van der Waals surface area contributed by atoms with Crippen LogP contribution in [0.15, 0.2) is 6.07 Å². The minimum absolute atomic E-state index is 0.0365. The van der Waals surface area contributed by atoms with E-state index >= 15 is 0 Å². The number of carbonyl (C=O) groups is 1. The summed E-state index contributed by atoms with van der Waals surface area (Å²) >= 11 is 1.77. The predicted octanol–water partition coefficient (Wildman–Crippen LogP) is 2.90. The highest BCUT2D eigenvalue weighted by atomic mass is 32.1. The van der Waals surface area contributed by atoms with Gasteiger partial charge in [0.05, 0.1) is 12.1 Å². The summed E-state index contributed by atoms with van der Waals surface area (Å²) in [6.45, 7) is 7.61. The highest BCUT2D eigenvalue weighted by molar-refractivity contribution is 7.12. The average molecular weight is 282 g/mol. The van der Waals surface area contributed by atoms with E-state index in [9.17, 15) is 4.79 Å². The molecule has 5 heteroatoms. The second-order valence-electron chi connectivity index (χ2n) is 5.08. The molecule has 2 rings (SSSR count). The lowest BCUT2D eigenvalue weighted by Gasteiger charge is -2.16. The van der Waals surface area contributed by atoms with Gasteiger partial charge < -0.3 is 15.4 Å². The summed E-state index contributed by atoms with van der Waals surface area (Å²) in [6, 6.07) is 2.06. The van der Waals surface area contributed by atoms with Crippen LogP contribution in [-0.4, -0.2) is 25.3 Å². The number of carbonyl (C=O) groups excluding carboxylic acids is 1. The van der Waals surface area contributed by atoms with Crippen molar-refractivity contribution in [3.05, 3.63) is 21.4 Å². The molecule has 19 heavy (non-hydrogen) atoms. The van der Waals surface area contributed by atoms with E-state index in [0.717, 1.165) is 19.4 Å². The Kier molecular flexibility index (Phi) is 4.82. The normalized spacial score (nSPS) is 20.3. The van der Waals surface area contributed by atoms with E-state index in [4.69, 9.17) is 4.74 Å². The second-order valence-corrected chi connectivity index (χ2v) is 6.54. The molecule has 0 spiro atoms. The molecule has 0 radical (unpaired) electrons. The number of ether oxygens (including phenoxy) is 1. The van der Waals surface area contributed by atoms with Crippen molar-refractivity contribution in [3.63, 3.8) is 0 Å². The predicted molar refractivity (Wildman–Crippen MR) is 77.7 cm³/mol. The van der Waals surface area contributed by atoms with Gasteiger partial charge >= 0.3 is 6.03 Å². The lowest BCUT2D eigenvalue weighted by molar-refractivity contribution is 0.111. The highest BCUT2D eigenvalue weighted by Crippen LogP contribution is 2.25. The molecule has 0 aliphatic carbocycles. The Hall–Kier alpha value is -1.07. The van der Waals surface area contributed by atoms with E-state index in [1.807, 2.05) is 6.92 Å². The zero-order chi connectivity index (χ0) is 13.8. The summed E-state index contributed by atoms with van der Waals surface area (Å²) in [5.74, 6) is 0. The molecule has 2 atom stereocenters. The number of hydrogen-bond acceptors (Lipinski definition) is 3. The van der Waals surface area contributed by atoms with Crippen LogP contribution in [0.2, 0.25) is 0 Å². The Bertz CT molecular complexity index is 439. The van der Waals surface area contributed by atoms with Crippen LogP contribution in [0.25, 0.3) is 0 Å². The van der Waals surface area contributed by atoms with Crippen LogP contribution in [0.1, 0.15) is 41.1 Å². The lowest BCUT2D eigenvalue weighted by Crippen LogP contribution is -2.40. The molecule has 0 saturated carbocycles. The molecule has 1 aliphatic heterocycles. The third-order valence-corrected chi connectivity index (χ3v) is 4.39. The molecule has 0 aromatic carbocycles.